The van der Waals surface area contributed by atoms with E-state index >= 15 is 0 Å². The van der Waals surface area contributed by atoms with Crippen molar-refractivity contribution in [2.75, 3.05) is 6.54 Å². The highest BCUT2D eigenvalue weighted by atomic mass is 31.0. The van der Waals surface area contributed by atoms with Crippen LogP contribution in [-0.2, 0) is 0 Å². The van der Waals surface area contributed by atoms with Crippen molar-refractivity contribution in [2.45, 2.75) is 84.0 Å². The van der Waals surface area contributed by atoms with Crippen LogP contribution in [0.15, 0.2) is 0 Å². The molecular weight excluding hydrogens is 287 g/mol. The molecule has 0 aromatic heterocycles. The summed E-state index contributed by atoms with van der Waals surface area (Å²) in [6.07, 6.45) is 11.8. The van der Waals surface area contributed by atoms with Gasteiger partial charge in [-0.2, -0.15) is 0 Å². The van der Waals surface area contributed by atoms with Crippen LogP contribution in [0.1, 0.15) is 72.1 Å². The summed E-state index contributed by atoms with van der Waals surface area (Å²) < 4.78 is 0. The topological polar surface area (TPSA) is 38.0 Å². The fraction of sp³-hybridized carbons (Fsp3) is 1.00. The molecule has 0 aromatic rings. The number of rotatable bonds is 6. The number of nitrogens with one attached hydrogen (secondary N) is 1. The van der Waals surface area contributed by atoms with Crippen molar-refractivity contribution < 1.29 is 0 Å². The molecule has 2 nitrogen and oxygen atoms in total. The van der Waals surface area contributed by atoms with Crippen molar-refractivity contribution in [2.24, 2.45) is 35.3 Å². The molecular formula is C19H39N2P. The third kappa shape index (κ3) is 5.18. The van der Waals surface area contributed by atoms with E-state index in [9.17, 15) is 0 Å². The lowest BCUT2D eigenvalue weighted by Crippen LogP contribution is -2.43. The normalized spacial score (nSPS) is 37.5. The van der Waals surface area contributed by atoms with Gasteiger partial charge in [-0.25, -0.2) is 0 Å². The maximum absolute atomic E-state index is 5.78. The third-order valence-electron chi connectivity index (χ3n) is 6.69. The molecule has 0 aliphatic heterocycles. The Morgan fingerprint density at radius 1 is 0.955 bits per heavy atom. The Labute approximate surface area is 141 Å². The Balaban J connectivity index is 1.72. The molecule has 22 heavy (non-hydrogen) atoms. The summed E-state index contributed by atoms with van der Waals surface area (Å²) in [5.41, 5.74) is 5.78. The van der Waals surface area contributed by atoms with Crippen molar-refractivity contribution in [1.82, 2.24) is 5.32 Å². The summed E-state index contributed by atoms with van der Waals surface area (Å²) in [6.45, 7) is 7.81. The van der Waals surface area contributed by atoms with Crippen LogP contribution in [0.25, 0.3) is 0 Å². The van der Waals surface area contributed by atoms with E-state index in [0.717, 1.165) is 30.2 Å². The Morgan fingerprint density at radius 2 is 1.45 bits per heavy atom. The summed E-state index contributed by atoms with van der Waals surface area (Å²) in [5.74, 6) is 4.93. The van der Waals surface area contributed by atoms with Crippen molar-refractivity contribution in [3.63, 3.8) is 0 Å². The highest BCUT2D eigenvalue weighted by molar-refractivity contribution is 7.17. The van der Waals surface area contributed by atoms with Gasteiger partial charge in [-0.3, -0.25) is 0 Å². The third-order valence-corrected chi connectivity index (χ3v) is 7.54. The second-order valence-electron chi connectivity index (χ2n) is 8.39. The number of nitrogens with two attached hydrogens (primary N) is 1. The van der Waals surface area contributed by atoms with E-state index in [1.54, 1.807) is 0 Å². The number of hydrogen-bond acceptors (Lipinski definition) is 2. The SMILES string of the molecule is CC1CCC(C2CCC(C(C)NC(P)C(C)CN)CC2)CC1. The zero-order valence-electron chi connectivity index (χ0n) is 15.1. The first kappa shape index (κ1) is 18.7. The van der Waals surface area contributed by atoms with Crippen molar-refractivity contribution in [1.29, 1.82) is 0 Å². The van der Waals surface area contributed by atoms with Crippen LogP contribution in [0.2, 0.25) is 0 Å². The largest absolute Gasteiger partial charge is 0.330 e. The Morgan fingerprint density at radius 3 is 1.95 bits per heavy atom. The fourth-order valence-corrected chi connectivity index (χ4v) is 5.08. The predicted octanol–water partition coefficient (Wildman–Crippen LogP) is 4.39. The summed E-state index contributed by atoms with van der Waals surface area (Å²) in [5, 5.41) is 3.78. The Kier molecular flexibility index (Phi) is 7.64. The van der Waals surface area contributed by atoms with Gasteiger partial charge in [-0.05, 0) is 81.6 Å². The van der Waals surface area contributed by atoms with Crippen molar-refractivity contribution >= 4 is 9.24 Å². The average Bonchev–Trinajstić information content (AvgIpc) is 2.54. The van der Waals surface area contributed by atoms with Gasteiger partial charge < -0.3 is 11.1 Å². The average molecular weight is 327 g/mol. The minimum atomic E-state index is 0.456. The quantitative estimate of drug-likeness (QED) is 0.710. The smallest absolute Gasteiger partial charge is 0.0251 e. The minimum Gasteiger partial charge on any atom is -0.330 e. The molecule has 3 N–H and O–H groups in total. The van der Waals surface area contributed by atoms with Crippen molar-refractivity contribution in [3.05, 3.63) is 0 Å². The van der Waals surface area contributed by atoms with Crippen LogP contribution >= 0.6 is 9.24 Å². The maximum Gasteiger partial charge on any atom is 0.0251 e. The summed E-state index contributed by atoms with van der Waals surface area (Å²) in [4.78, 5) is 0. The molecule has 0 radical (unpaired) electrons. The molecule has 2 saturated carbocycles. The zero-order chi connectivity index (χ0) is 16.1. The predicted molar refractivity (Wildman–Crippen MR) is 101 cm³/mol. The van der Waals surface area contributed by atoms with Crippen LogP contribution in [0, 0.1) is 29.6 Å². The lowest BCUT2D eigenvalue weighted by molar-refractivity contribution is 0.137. The van der Waals surface area contributed by atoms with Gasteiger partial charge in [0.1, 0.15) is 0 Å². The van der Waals surface area contributed by atoms with Gasteiger partial charge in [0.2, 0.25) is 0 Å². The van der Waals surface area contributed by atoms with Crippen molar-refractivity contribution in [3.8, 4) is 0 Å². The second kappa shape index (κ2) is 9.00. The van der Waals surface area contributed by atoms with Gasteiger partial charge in [0.25, 0.3) is 0 Å². The van der Waals surface area contributed by atoms with Gasteiger partial charge in [-0.15, -0.1) is 9.24 Å². The van der Waals surface area contributed by atoms with Crippen LogP contribution in [0.4, 0.5) is 0 Å². The zero-order valence-corrected chi connectivity index (χ0v) is 16.2. The first-order chi connectivity index (χ1) is 10.5. The molecule has 0 aromatic carbocycles. The molecule has 2 rings (SSSR count). The molecule has 0 amide bonds. The summed E-state index contributed by atoms with van der Waals surface area (Å²) in [7, 11) is 2.95. The molecule has 0 heterocycles. The highest BCUT2D eigenvalue weighted by Gasteiger charge is 2.32. The first-order valence-corrected chi connectivity index (χ1v) is 10.4. The monoisotopic (exact) mass is 326 g/mol. The molecule has 0 bridgehead atoms. The lowest BCUT2D eigenvalue weighted by Gasteiger charge is -2.39. The van der Waals surface area contributed by atoms with Gasteiger partial charge in [0.05, 0.1) is 0 Å². The molecule has 2 aliphatic carbocycles. The maximum atomic E-state index is 5.78. The van der Waals surface area contributed by atoms with E-state index in [-0.39, 0.29) is 0 Å². The van der Waals surface area contributed by atoms with E-state index in [1.807, 2.05) is 0 Å². The van der Waals surface area contributed by atoms with Gasteiger partial charge in [-0.1, -0.05) is 26.7 Å². The Bertz CT molecular complexity index is 307. The van der Waals surface area contributed by atoms with Crippen LogP contribution in [0.5, 0.6) is 0 Å². The van der Waals surface area contributed by atoms with Crippen LogP contribution in [0.3, 0.4) is 0 Å². The molecule has 2 fully saturated rings. The highest BCUT2D eigenvalue weighted by Crippen LogP contribution is 2.41. The summed E-state index contributed by atoms with van der Waals surface area (Å²) >= 11 is 0. The first-order valence-electron chi connectivity index (χ1n) is 9.73. The molecule has 130 valence electrons. The molecule has 4 atom stereocenters. The molecule has 4 unspecified atom stereocenters. The van der Waals surface area contributed by atoms with E-state index in [4.69, 9.17) is 5.73 Å². The minimum absolute atomic E-state index is 0.456. The van der Waals surface area contributed by atoms with E-state index < -0.39 is 0 Å². The van der Waals surface area contributed by atoms with Gasteiger partial charge in [0, 0.05) is 11.8 Å². The van der Waals surface area contributed by atoms with E-state index in [1.165, 1.54) is 51.4 Å². The lowest BCUT2D eigenvalue weighted by atomic mass is 9.68. The molecule has 3 heteroatoms. The molecule has 0 saturated heterocycles. The Hall–Kier alpha value is 0.350. The number of hydrogen-bond donors (Lipinski definition) is 2. The van der Waals surface area contributed by atoms with Crippen LogP contribution < -0.4 is 11.1 Å². The summed E-state index contributed by atoms with van der Waals surface area (Å²) in [6, 6.07) is 0.629. The van der Waals surface area contributed by atoms with Gasteiger partial charge in [0.15, 0.2) is 0 Å². The van der Waals surface area contributed by atoms with Crippen LogP contribution in [-0.4, -0.2) is 18.4 Å². The standard InChI is InChI=1S/C19H39N2P/c1-13-4-6-17(7-5-13)18-10-8-16(9-11-18)15(3)21-19(22)14(2)12-20/h13-19,21H,4-12,20,22H2,1-3H3. The molecule has 2 aliphatic rings. The second-order valence-corrected chi connectivity index (χ2v) is 9.11. The molecule has 0 spiro atoms. The fourth-order valence-electron chi connectivity index (χ4n) is 4.62. The van der Waals surface area contributed by atoms with E-state index in [0.29, 0.717) is 17.7 Å². The van der Waals surface area contributed by atoms with E-state index in [2.05, 4.69) is 35.3 Å². The van der Waals surface area contributed by atoms with Gasteiger partial charge >= 0.3 is 0 Å².